The summed E-state index contributed by atoms with van der Waals surface area (Å²) in [4.78, 5) is 10.8. The van der Waals surface area contributed by atoms with Crippen molar-refractivity contribution in [2.75, 3.05) is 0 Å². The summed E-state index contributed by atoms with van der Waals surface area (Å²) in [6.07, 6.45) is -0.0812. The van der Waals surface area contributed by atoms with Crippen LogP contribution in [0.25, 0.3) is 0 Å². The van der Waals surface area contributed by atoms with E-state index in [0.29, 0.717) is 6.42 Å². The van der Waals surface area contributed by atoms with E-state index in [9.17, 15) is 9.90 Å². The zero-order chi connectivity index (χ0) is 7.72. The Hall–Kier alpha value is -0.570. The van der Waals surface area contributed by atoms with E-state index in [0.717, 1.165) is 0 Å². The molecule has 0 unspecified atom stereocenters. The van der Waals surface area contributed by atoms with Gasteiger partial charge in [0.15, 0.2) is 0 Å². The molecular formula is C7H12O3. The zero-order valence-electron chi connectivity index (χ0n) is 6.20. The van der Waals surface area contributed by atoms with Gasteiger partial charge in [-0.1, -0.05) is 0 Å². The van der Waals surface area contributed by atoms with Gasteiger partial charge in [-0.15, -0.1) is 0 Å². The molecule has 1 heterocycles. The number of aliphatic hydroxyl groups excluding tert-OH is 1. The molecule has 0 radical (unpaired) electrons. The molecule has 1 fully saturated rings. The van der Waals surface area contributed by atoms with E-state index < -0.39 is 6.10 Å². The predicted molar refractivity (Wildman–Crippen MR) is 35.3 cm³/mol. The lowest BCUT2D eigenvalue weighted by molar-refractivity contribution is -0.166. The van der Waals surface area contributed by atoms with Gasteiger partial charge in [0.2, 0.25) is 0 Å². The highest BCUT2D eigenvalue weighted by Gasteiger charge is 2.31. The highest BCUT2D eigenvalue weighted by molar-refractivity contribution is 5.73. The van der Waals surface area contributed by atoms with Crippen LogP contribution >= 0.6 is 0 Å². The first-order chi connectivity index (χ1) is 4.61. The van der Waals surface area contributed by atoms with Gasteiger partial charge >= 0.3 is 5.97 Å². The van der Waals surface area contributed by atoms with E-state index in [-0.39, 0.29) is 18.0 Å². The van der Waals surface area contributed by atoms with E-state index in [1.165, 1.54) is 0 Å². The van der Waals surface area contributed by atoms with Crippen molar-refractivity contribution in [2.45, 2.75) is 32.5 Å². The molecule has 1 rings (SSSR count). The molecule has 0 amide bonds. The Labute approximate surface area is 60.0 Å². The van der Waals surface area contributed by atoms with E-state index in [4.69, 9.17) is 4.74 Å². The molecule has 0 spiro atoms. The summed E-state index contributed by atoms with van der Waals surface area (Å²) >= 11 is 0. The normalized spacial score (nSPS) is 41.1. The number of esters is 1. The first-order valence-electron chi connectivity index (χ1n) is 3.50. The lowest BCUT2D eigenvalue weighted by atomic mass is 9.97. The molecule has 0 aromatic rings. The third-order valence-electron chi connectivity index (χ3n) is 1.84. The van der Waals surface area contributed by atoms with Gasteiger partial charge in [0, 0.05) is 6.42 Å². The molecule has 58 valence electrons. The maximum Gasteiger partial charge on any atom is 0.311 e. The van der Waals surface area contributed by atoms with Gasteiger partial charge in [0.25, 0.3) is 0 Å². The van der Waals surface area contributed by atoms with E-state index >= 15 is 0 Å². The van der Waals surface area contributed by atoms with Crippen molar-refractivity contribution in [3.8, 4) is 0 Å². The minimum absolute atomic E-state index is 0.126. The minimum Gasteiger partial charge on any atom is -0.462 e. The molecule has 0 aromatic carbocycles. The first kappa shape index (κ1) is 7.54. The molecule has 3 heteroatoms. The lowest BCUT2D eigenvalue weighted by Gasteiger charge is -2.27. The van der Waals surface area contributed by atoms with Crippen molar-refractivity contribution in [1.82, 2.24) is 0 Å². The Bertz CT molecular complexity index is 144. The summed E-state index contributed by atoms with van der Waals surface area (Å²) in [5.74, 6) is -0.637. The van der Waals surface area contributed by atoms with E-state index in [1.54, 1.807) is 13.8 Å². The monoisotopic (exact) mass is 144 g/mol. The van der Waals surface area contributed by atoms with Gasteiger partial charge < -0.3 is 9.84 Å². The maximum absolute atomic E-state index is 10.8. The Kier molecular flexibility index (Phi) is 1.94. The van der Waals surface area contributed by atoms with Crippen LogP contribution in [-0.4, -0.2) is 23.3 Å². The molecule has 0 bridgehead atoms. The molecule has 1 aliphatic rings. The third kappa shape index (κ3) is 1.29. The van der Waals surface area contributed by atoms with Gasteiger partial charge in [-0.3, -0.25) is 4.79 Å². The summed E-state index contributed by atoms with van der Waals surface area (Å²) in [6, 6.07) is 0. The topological polar surface area (TPSA) is 46.5 Å². The fraction of sp³-hybridized carbons (Fsp3) is 0.857. The van der Waals surface area contributed by atoms with Gasteiger partial charge in [-0.05, 0) is 13.8 Å². The van der Waals surface area contributed by atoms with E-state index in [2.05, 4.69) is 0 Å². The minimum atomic E-state index is -0.517. The number of hydrogen-bond acceptors (Lipinski definition) is 3. The van der Waals surface area contributed by atoms with Gasteiger partial charge in [0.05, 0.1) is 12.0 Å². The number of rotatable bonds is 0. The van der Waals surface area contributed by atoms with Crippen molar-refractivity contribution in [3.63, 3.8) is 0 Å². The fourth-order valence-corrected chi connectivity index (χ4v) is 1.06. The van der Waals surface area contributed by atoms with Crippen molar-refractivity contribution >= 4 is 5.97 Å². The number of aliphatic hydroxyl groups is 1. The standard InChI is InChI=1S/C7H12O3/c1-4-3-6(8)5(2)7(9)10-4/h4-6,8H,3H2,1-2H3/t4-,5-,6+/m1/s1. The summed E-state index contributed by atoms with van der Waals surface area (Å²) in [5.41, 5.74) is 0. The first-order valence-corrected chi connectivity index (χ1v) is 3.50. The quantitative estimate of drug-likeness (QED) is 0.498. The highest BCUT2D eigenvalue weighted by Crippen LogP contribution is 2.19. The SMILES string of the molecule is C[C@@H]1C[C@H](O)[C@@H](C)C(=O)O1. The Morgan fingerprint density at radius 1 is 1.60 bits per heavy atom. The molecule has 0 aromatic heterocycles. The molecule has 1 saturated heterocycles. The lowest BCUT2D eigenvalue weighted by Crippen LogP contribution is -2.38. The average Bonchev–Trinajstić information content (AvgIpc) is 1.82. The number of carbonyl (C=O) groups excluding carboxylic acids is 1. The van der Waals surface area contributed by atoms with Gasteiger partial charge in [0.1, 0.15) is 6.10 Å². The summed E-state index contributed by atoms with van der Waals surface area (Å²) in [6.45, 7) is 3.46. The number of cyclic esters (lactones) is 1. The smallest absolute Gasteiger partial charge is 0.311 e. The molecule has 0 aliphatic carbocycles. The molecule has 3 atom stereocenters. The molecule has 10 heavy (non-hydrogen) atoms. The molecule has 0 saturated carbocycles. The van der Waals surface area contributed by atoms with Crippen LogP contribution in [0.2, 0.25) is 0 Å². The van der Waals surface area contributed by atoms with Crippen LogP contribution < -0.4 is 0 Å². The Morgan fingerprint density at radius 3 is 2.70 bits per heavy atom. The zero-order valence-corrected chi connectivity index (χ0v) is 6.20. The van der Waals surface area contributed by atoms with E-state index in [1.807, 2.05) is 0 Å². The number of ether oxygens (including phenoxy) is 1. The summed E-state index contributed by atoms with van der Waals surface area (Å²) in [7, 11) is 0. The predicted octanol–water partition coefficient (Wildman–Crippen LogP) is 0.319. The summed E-state index contributed by atoms with van der Waals surface area (Å²) < 4.78 is 4.87. The van der Waals surface area contributed by atoms with Crippen LogP contribution in [-0.2, 0) is 9.53 Å². The number of hydrogen-bond donors (Lipinski definition) is 1. The largest absolute Gasteiger partial charge is 0.462 e. The van der Waals surface area contributed by atoms with Crippen molar-refractivity contribution in [2.24, 2.45) is 5.92 Å². The van der Waals surface area contributed by atoms with Gasteiger partial charge in [-0.2, -0.15) is 0 Å². The van der Waals surface area contributed by atoms with Gasteiger partial charge in [-0.25, -0.2) is 0 Å². The Balaban J connectivity index is 2.57. The second kappa shape index (κ2) is 2.58. The fourth-order valence-electron chi connectivity index (χ4n) is 1.06. The number of carbonyl (C=O) groups is 1. The van der Waals surface area contributed by atoms with Crippen molar-refractivity contribution < 1.29 is 14.6 Å². The maximum atomic E-state index is 10.8. The molecule has 1 aliphatic heterocycles. The van der Waals surface area contributed by atoms with Crippen LogP contribution in [0.5, 0.6) is 0 Å². The van der Waals surface area contributed by atoms with Crippen molar-refractivity contribution in [1.29, 1.82) is 0 Å². The van der Waals surface area contributed by atoms with Crippen LogP contribution in [0.15, 0.2) is 0 Å². The molecule has 1 N–H and O–H groups in total. The molecular weight excluding hydrogens is 132 g/mol. The Morgan fingerprint density at radius 2 is 2.20 bits per heavy atom. The molecule has 3 nitrogen and oxygen atoms in total. The van der Waals surface area contributed by atoms with Crippen LogP contribution in [0.3, 0.4) is 0 Å². The second-order valence-electron chi connectivity index (χ2n) is 2.84. The average molecular weight is 144 g/mol. The van der Waals surface area contributed by atoms with Crippen LogP contribution in [0.4, 0.5) is 0 Å². The van der Waals surface area contributed by atoms with Crippen LogP contribution in [0, 0.1) is 5.92 Å². The highest BCUT2D eigenvalue weighted by atomic mass is 16.5. The van der Waals surface area contributed by atoms with Crippen LogP contribution in [0.1, 0.15) is 20.3 Å². The van der Waals surface area contributed by atoms with Crippen molar-refractivity contribution in [3.05, 3.63) is 0 Å². The summed E-state index contributed by atoms with van der Waals surface area (Å²) in [5, 5.41) is 9.22. The second-order valence-corrected chi connectivity index (χ2v) is 2.84. The third-order valence-corrected chi connectivity index (χ3v) is 1.84.